The number of rotatable bonds is 9. The molecule has 0 aliphatic carbocycles. The molecule has 0 aliphatic rings. The first-order chi connectivity index (χ1) is 12.9. The SMILES string of the molecule is C=CCSCC(=O)Nc1ccc(OC)c(NS(=O)(=O)c2ccc(F)cc2)c1. The lowest BCUT2D eigenvalue weighted by molar-refractivity contribution is -0.113. The molecular formula is C18H19FN2O4S2. The third kappa shape index (κ3) is 6.00. The fourth-order valence-electron chi connectivity index (χ4n) is 2.11. The molecule has 0 bridgehead atoms. The van der Waals surface area contributed by atoms with E-state index in [9.17, 15) is 17.6 Å². The number of halogens is 1. The Kier molecular flexibility index (Phi) is 7.26. The van der Waals surface area contributed by atoms with Gasteiger partial charge in [-0.3, -0.25) is 9.52 Å². The van der Waals surface area contributed by atoms with Crippen molar-refractivity contribution in [2.45, 2.75) is 4.90 Å². The highest BCUT2D eigenvalue weighted by Crippen LogP contribution is 2.30. The number of ether oxygens (including phenoxy) is 1. The molecule has 1 amide bonds. The highest BCUT2D eigenvalue weighted by Gasteiger charge is 2.17. The topological polar surface area (TPSA) is 84.5 Å². The van der Waals surface area contributed by atoms with Crippen molar-refractivity contribution in [2.24, 2.45) is 0 Å². The maximum absolute atomic E-state index is 13.0. The summed E-state index contributed by atoms with van der Waals surface area (Å²) in [7, 11) is -2.55. The Labute approximate surface area is 161 Å². The second-order valence-electron chi connectivity index (χ2n) is 5.33. The number of thioether (sulfide) groups is 1. The van der Waals surface area contributed by atoms with Crippen molar-refractivity contribution >= 4 is 39.1 Å². The summed E-state index contributed by atoms with van der Waals surface area (Å²) < 4.78 is 45.6. The molecule has 6 nitrogen and oxygen atoms in total. The lowest BCUT2D eigenvalue weighted by Gasteiger charge is -2.14. The van der Waals surface area contributed by atoms with Crippen LogP contribution in [-0.2, 0) is 14.8 Å². The van der Waals surface area contributed by atoms with Crippen LogP contribution in [0.1, 0.15) is 0 Å². The Hall–Kier alpha value is -2.52. The Balaban J connectivity index is 2.20. The quantitative estimate of drug-likeness (QED) is 0.488. The van der Waals surface area contributed by atoms with E-state index in [1.165, 1.54) is 31.0 Å². The first-order valence-corrected chi connectivity index (χ1v) is 10.4. The summed E-state index contributed by atoms with van der Waals surface area (Å²) in [5.41, 5.74) is 0.565. The van der Waals surface area contributed by atoms with E-state index in [1.807, 2.05) is 0 Å². The van der Waals surface area contributed by atoms with Crippen LogP contribution in [0.25, 0.3) is 0 Å². The number of sulfonamides is 1. The van der Waals surface area contributed by atoms with Crippen LogP contribution in [0.2, 0.25) is 0 Å². The van der Waals surface area contributed by atoms with Gasteiger partial charge in [-0.05, 0) is 42.5 Å². The first-order valence-electron chi connectivity index (χ1n) is 7.80. The molecule has 144 valence electrons. The molecule has 27 heavy (non-hydrogen) atoms. The molecule has 2 rings (SSSR count). The van der Waals surface area contributed by atoms with Gasteiger partial charge in [-0.25, -0.2) is 12.8 Å². The van der Waals surface area contributed by atoms with Crippen molar-refractivity contribution < 1.29 is 22.3 Å². The standard InChI is InChI=1S/C18H19FN2O4S2/c1-3-10-26-12-18(22)20-14-6-9-17(25-2)16(11-14)21-27(23,24)15-7-4-13(19)5-8-15/h3-9,11,21H,1,10,12H2,2H3,(H,20,22). The molecule has 0 fully saturated rings. The van der Waals surface area contributed by atoms with Crippen LogP contribution in [-0.4, -0.2) is 32.9 Å². The predicted molar refractivity (Wildman–Crippen MR) is 106 cm³/mol. The zero-order valence-corrected chi connectivity index (χ0v) is 16.2. The normalized spacial score (nSPS) is 10.9. The maximum Gasteiger partial charge on any atom is 0.262 e. The third-order valence-electron chi connectivity index (χ3n) is 3.32. The van der Waals surface area contributed by atoms with Gasteiger partial charge in [-0.1, -0.05) is 6.08 Å². The number of benzene rings is 2. The van der Waals surface area contributed by atoms with E-state index in [4.69, 9.17) is 4.74 Å². The lowest BCUT2D eigenvalue weighted by atomic mass is 10.2. The second kappa shape index (κ2) is 9.43. The molecule has 0 saturated heterocycles. The molecule has 0 aliphatic heterocycles. The van der Waals surface area contributed by atoms with Crippen LogP contribution in [0.3, 0.4) is 0 Å². The number of anilines is 2. The van der Waals surface area contributed by atoms with Gasteiger partial charge in [0.1, 0.15) is 11.6 Å². The van der Waals surface area contributed by atoms with Gasteiger partial charge in [0, 0.05) is 11.4 Å². The number of hydrogen-bond acceptors (Lipinski definition) is 5. The van der Waals surface area contributed by atoms with Crippen molar-refractivity contribution in [3.05, 3.63) is 60.9 Å². The zero-order valence-electron chi connectivity index (χ0n) is 14.6. The number of methoxy groups -OCH3 is 1. The summed E-state index contributed by atoms with van der Waals surface area (Å²) in [4.78, 5) is 11.8. The molecule has 2 aromatic carbocycles. The Morgan fingerprint density at radius 2 is 1.96 bits per heavy atom. The fraction of sp³-hybridized carbons (Fsp3) is 0.167. The van der Waals surface area contributed by atoms with E-state index in [2.05, 4.69) is 16.6 Å². The van der Waals surface area contributed by atoms with Crippen LogP contribution in [0.4, 0.5) is 15.8 Å². The van der Waals surface area contributed by atoms with Gasteiger partial charge >= 0.3 is 0 Å². The van der Waals surface area contributed by atoms with Crippen LogP contribution in [0.15, 0.2) is 60.0 Å². The average molecular weight is 410 g/mol. The van der Waals surface area contributed by atoms with Crippen molar-refractivity contribution in [2.75, 3.05) is 28.7 Å². The lowest BCUT2D eigenvalue weighted by Crippen LogP contribution is -2.16. The monoisotopic (exact) mass is 410 g/mol. The summed E-state index contributed by atoms with van der Waals surface area (Å²) in [6.07, 6.45) is 1.70. The fourth-order valence-corrected chi connectivity index (χ4v) is 3.72. The number of amides is 1. The van der Waals surface area contributed by atoms with Crippen molar-refractivity contribution in [3.8, 4) is 5.75 Å². The van der Waals surface area contributed by atoms with Crippen LogP contribution in [0.5, 0.6) is 5.75 Å². The number of nitrogens with one attached hydrogen (secondary N) is 2. The van der Waals surface area contributed by atoms with Gasteiger partial charge in [0.25, 0.3) is 10.0 Å². The Morgan fingerprint density at radius 3 is 2.59 bits per heavy atom. The largest absolute Gasteiger partial charge is 0.495 e. The van der Waals surface area contributed by atoms with Crippen molar-refractivity contribution in [1.29, 1.82) is 0 Å². The zero-order chi connectivity index (χ0) is 19.9. The van der Waals surface area contributed by atoms with Gasteiger partial charge in [0.05, 0.1) is 23.4 Å². The van der Waals surface area contributed by atoms with Gasteiger partial charge in [0.2, 0.25) is 5.91 Å². The average Bonchev–Trinajstić information content (AvgIpc) is 2.62. The van der Waals surface area contributed by atoms with E-state index in [1.54, 1.807) is 12.1 Å². The van der Waals surface area contributed by atoms with Crippen LogP contribution < -0.4 is 14.8 Å². The molecule has 2 aromatic rings. The maximum atomic E-state index is 13.0. The smallest absolute Gasteiger partial charge is 0.262 e. The summed E-state index contributed by atoms with van der Waals surface area (Å²) in [6, 6.07) is 9.03. The summed E-state index contributed by atoms with van der Waals surface area (Å²) >= 11 is 1.40. The molecule has 0 unspecified atom stereocenters. The number of hydrogen-bond donors (Lipinski definition) is 2. The minimum absolute atomic E-state index is 0.0961. The molecule has 0 saturated carbocycles. The van der Waals surface area contributed by atoms with Crippen LogP contribution in [0, 0.1) is 5.82 Å². The van der Waals surface area contributed by atoms with Crippen molar-refractivity contribution in [3.63, 3.8) is 0 Å². The van der Waals surface area contributed by atoms with E-state index < -0.39 is 15.8 Å². The molecule has 0 spiro atoms. The molecule has 9 heteroatoms. The van der Waals surface area contributed by atoms with E-state index in [0.29, 0.717) is 11.4 Å². The van der Waals surface area contributed by atoms with Crippen molar-refractivity contribution in [1.82, 2.24) is 0 Å². The number of carbonyl (C=O) groups excluding carboxylic acids is 1. The molecule has 0 heterocycles. The highest BCUT2D eigenvalue weighted by atomic mass is 32.2. The van der Waals surface area contributed by atoms with E-state index in [0.717, 1.165) is 24.3 Å². The minimum Gasteiger partial charge on any atom is -0.495 e. The van der Waals surface area contributed by atoms with Gasteiger partial charge in [0.15, 0.2) is 0 Å². The Morgan fingerprint density at radius 1 is 1.26 bits per heavy atom. The van der Waals surface area contributed by atoms with E-state index >= 15 is 0 Å². The predicted octanol–water partition coefficient (Wildman–Crippen LogP) is 3.49. The first kappa shape index (κ1) is 20.8. The third-order valence-corrected chi connectivity index (χ3v) is 5.64. The molecule has 0 radical (unpaired) electrons. The number of carbonyl (C=O) groups is 1. The van der Waals surface area contributed by atoms with Crippen LogP contribution >= 0.6 is 11.8 Å². The minimum atomic E-state index is -3.95. The van der Waals surface area contributed by atoms with Gasteiger partial charge < -0.3 is 10.1 Å². The Bertz CT molecular complexity index is 915. The van der Waals surface area contributed by atoms with Gasteiger partial charge in [-0.2, -0.15) is 0 Å². The highest BCUT2D eigenvalue weighted by molar-refractivity contribution is 8.00. The summed E-state index contributed by atoms with van der Waals surface area (Å²) in [5.74, 6) is 0.414. The summed E-state index contributed by atoms with van der Waals surface area (Å²) in [5, 5.41) is 2.69. The van der Waals surface area contributed by atoms with E-state index in [-0.39, 0.29) is 28.0 Å². The van der Waals surface area contributed by atoms with Gasteiger partial charge in [-0.15, -0.1) is 18.3 Å². The molecule has 0 aromatic heterocycles. The molecule has 2 N–H and O–H groups in total. The molecule has 0 atom stereocenters. The summed E-state index contributed by atoms with van der Waals surface area (Å²) in [6.45, 7) is 3.58. The molecular weight excluding hydrogens is 391 g/mol. The second-order valence-corrected chi connectivity index (χ2v) is 8.04.